The fourth-order valence-corrected chi connectivity index (χ4v) is 4.43. The van der Waals surface area contributed by atoms with Gasteiger partial charge >= 0.3 is 25.8 Å². The number of rotatable bonds is 0. The molecule has 0 amide bonds. The van der Waals surface area contributed by atoms with Crippen LogP contribution in [0.4, 0.5) is 0 Å². The van der Waals surface area contributed by atoms with Crippen molar-refractivity contribution in [1.29, 1.82) is 0 Å². The van der Waals surface area contributed by atoms with Crippen LogP contribution in [0.5, 0.6) is 0 Å². The monoisotopic (exact) mass is 662 g/mol. The molecule has 0 spiro atoms. The van der Waals surface area contributed by atoms with E-state index in [9.17, 15) is 0 Å². The van der Waals surface area contributed by atoms with Crippen LogP contribution in [0.3, 0.4) is 0 Å². The van der Waals surface area contributed by atoms with Gasteiger partial charge in [-0.3, -0.25) is 0 Å². The molecule has 3 aromatic rings. The molecule has 0 heterocycles. The number of hydrogen-bond donors (Lipinski definition) is 0. The normalized spacial score (nSPS) is 11.7. The molecule has 0 saturated carbocycles. The van der Waals surface area contributed by atoms with Gasteiger partial charge in [-0.05, 0) is 28.4 Å². The first kappa shape index (κ1) is 33.2. The maximum atomic E-state index is 3.67. The van der Waals surface area contributed by atoms with Gasteiger partial charge in [0.25, 0.3) is 0 Å². The van der Waals surface area contributed by atoms with E-state index in [2.05, 4.69) is 113 Å². The van der Waals surface area contributed by atoms with Crippen LogP contribution in [0.2, 0.25) is 0 Å². The van der Waals surface area contributed by atoms with Crippen molar-refractivity contribution in [3.05, 3.63) is 86.5 Å². The first-order valence-corrected chi connectivity index (χ1v) is 11.6. The molecule has 0 bridgehead atoms. The van der Waals surface area contributed by atoms with Gasteiger partial charge in [-0.2, -0.15) is 51.6 Å². The molecule has 0 unspecified atom stereocenters. The van der Waals surface area contributed by atoms with Crippen LogP contribution in [-0.2, 0) is 43.1 Å². The Morgan fingerprint density at radius 3 is 1.65 bits per heavy atom. The van der Waals surface area contributed by atoms with Crippen molar-refractivity contribution in [2.75, 3.05) is 0 Å². The van der Waals surface area contributed by atoms with Gasteiger partial charge < -0.3 is 24.8 Å². The van der Waals surface area contributed by atoms with Gasteiger partial charge in [0.2, 0.25) is 0 Å². The van der Waals surface area contributed by atoms with E-state index in [4.69, 9.17) is 0 Å². The van der Waals surface area contributed by atoms with Gasteiger partial charge in [0.1, 0.15) is 0 Å². The predicted octanol–water partition coefficient (Wildman–Crippen LogP) is 2.61. The first-order valence-electron chi connectivity index (χ1n) is 11.6. The molecule has 182 valence electrons. The fraction of sp³-hybridized carbons (Fsp3) is 0.452. The third-order valence-corrected chi connectivity index (χ3v) is 7.28. The zero-order chi connectivity index (χ0) is 23.3. The Kier molecular flexibility index (Phi) is 11.7. The third kappa shape index (κ3) is 6.71. The zero-order valence-corrected chi connectivity index (χ0v) is 28.0. The average Bonchev–Trinajstić information content (AvgIpc) is 3.13. The Balaban J connectivity index is 0.000000721. The van der Waals surface area contributed by atoms with Gasteiger partial charge in [-0.15, -0.1) is 11.1 Å². The molecule has 0 saturated heterocycles. The smallest absolute Gasteiger partial charge is 1.00 e. The van der Waals surface area contributed by atoms with Crippen LogP contribution in [0.25, 0.3) is 11.1 Å². The van der Waals surface area contributed by atoms with Crippen molar-refractivity contribution >= 4 is 0 Å². The summed E-state index contributed by atoms with van der Waals surface area (Å²) in [4.78, 5) is 0. The number of hydrogen-bond acceptors (Lipinski definition) is 0. The van der Waals surface area contributed by atoms with Crippen LogP contribution in [0.15, 0.2) is 30.3 Å². The molecular weight excluding hydrogens is 622 g/mol. The minimum atomic E-state index is 0. The van der Waals surface area contributed by atoms with E-state index >= 15 is 0 Å². The standard InChI is InChI=1S/C21H25.C10H15.2ClH.Hf/c1-20(2,3)16-7-9-18-14(12-16)11-15-13-17(21(4,5)6)8-10-19(15)18;1-6-7(2)9(4)10(5)8(6)3;;;/h7-10,12H,11H2,1-6H3;1-5H3;2*1H;/q2*-1;;;+4/p-2. The molecule has 0 fully saturated rings. The molecular formula is C31H40Cl2Hf. The Labute approximate surface area is 240 Å². The summed E-state index contributed by atoms with van der Waals surface area (Å²) >= 11 is 0. The Morgan fingerprint density at radius 2 is 1.24 bits per heavy atom. The molecule has 0 nitrogen and oxygen atoms in total. The molecule has 34 heavy (non-hydrogen) atoms. The second-order valence-electron chi connectivity index (χ2n) is 11.4. The largest absolute Gasteiger partial charge is 4.00 e. The van der Waals surface area contributed by atoms with Gasteiger partial charge in [-0.1, -0.05) is 99.9 Å². The second kappa shape index (κ2) is 12.0. The zero-order valence-electron chi connectivity index (χ0n) is 22.8. The van der Waals surface area contributed by atoms with Crippen molar-refractivity contribution in [2.24, 2.45) is 0 Å². The third-order valence-electron chi connectivity index (χ3n) is 7.28. The second-order valence-corrected chi connectivity index (χ2v) is 11.4. The number of benzene rings is 2. The molecule has 3 heteroatoms. The van der Waals surface area contributed by atoms with E-state index in [1.165, 1.54) is 61.2 Å². The Morgan fingerprint density at radius 1 is 0.735 bits per heavy atom. The average molecular weight is 662 g/mol. The summed E-state index contributed by atoms with van der Waals surface area (Å²) < 4.78 is 0. The van der Waals surface area contributed by atoms with E-state index in [-0.39, 0.29) is 61.5 Å². The predicted molar refractivity (Wildman–Crippen MR) is 137 cm³/mol. The van der Waals surface area contributed by atoms with E-state index < -0.39 is 0 Å². The van der Waals surface area contributed by atoms with E-state index in [1.807, 2.05) is 0 Å². The van der Waals surface area contributed by atoms with Gasteiger partial charge in [-0.25, -0.2) is 0 Å². The van der Waals surface area contributed by atoms with Crippen LogP contribution < -0.4 is 24.8 Å². The quantitative estimate of drug-likeness (QED) is 0.201. The first-order chi connectivity index (χ1) is 14.2. The molecule has 0 aliphatic heterocycles. The van der Waals surface area contributed by atoms with E-state index in [1.54, 1.807) is 0 Å². The fourth-order valence-electron chi connectivity index (χ4n) is 4.43. The van der Waals surface area contributed by atoms with Crippen molar-refractivity contribution < 1.29 is 50.7 Å². The van der Waals surface area contributed by atoms with Crippen molar-refractivity contribution in [3.8, 4) is 11.1 Å². The molecule has 4 rings (SSSR count). The van der Waals surface area contributed by atoms with Gasteiger partial charge in [0.05, 0.1) is 0 Å². The summed E-state index contributed by atoms with van der Waals surface area (Å²) in [6.45, 7) is 24.6. The summed E-state index contributed by atoms with van der Waals surface area (Å²) in [6.07, 6.45) is 1.03. The van der Waals surface area contributed by atoms with E-state index in [0.29, 0.717) is 0 Å². The van der Waals surface area contributed by atoms with Gasteiger partial charge in [0.15, 0.2) is 0 Å². The molecule has 0 aromatic heterocycles. The van der Waals surface area contributed by atoms with Crippen molar-refractivity contribution in [2.45, 2.75) is 93.4 Å². The molecule has 0 N–H and O–H groups in total. The number of fused-ring (bicyclic) bond motifs is 3. The Hall–Kier alpha value is -0.760. The van der Waals surface area contributed by atoms with Crippen molar-refractivity contribution in [1.82, 2.24) is 0 Å². The summed E-state index contributed by atoms with van der Waals surface area (Å²) in [6, 6.07) is 15.2. The molecule has 0 radical (unpaired) electrons. The summed E-state index contributed by atoms with van der Waals surface area (Å²) in [5.74, 6) is 0. The minimum Gasteiger partial charge on any atom is -1.00 e. The van der Waals surface area contributed by atoms with Gasteiger partial charge in [0, 0.05) is 0 Å². The van der Waals surface area contributed by atoms with Crippen LogP contribution in [0.1, 0.15) is 91.6 Å². The number of halogens is 2. The summed E-state index contributed by atoms with van der Waals surface area (Å²) in [7, 11) is 0. The summed E-state index contributed by atoms with van der Waals surface area (Å²) in [5.41, 5.74) is 16.0. The molecule has 0 atom stereocenters. The van der Waals surface area contributed by atoms with E-state index in [0.717, 1.165) is 6.42 Å². The Bertz CT molecular complexity index is 980. The SMILES string of the molecule is CC(C)(C)c1[c-]c2c(cc1)-c1ccc(C(C)(C)C)cc1C2.Cc1c(C)c(C)[c-](C)c1C.[Cl-].[Cl-].[Hf+4]. The van der Waals surface area contributed by atoms with Crippen LogP contribution in [-0.4, -0.2) is 0 Å². The molecule has 1 aliphatic rings. The summed E-state index contributed by atoms with van der Waals surface area (Å²) in [5, 5.41) is 0. The topological polar surface area (TPSA) is 0 Å². The van der Waals surface area contributed by atoms with Crippen LogP contribution >= 0.6 is 0 Å². The molecule has 1 aliphatic carbocycles. The van der Waals surface area contributed by atoms with Crippen LogP contribution in [0, 0.1) is 40.7 Å². The molecule has 3 aromatic carbocycles. The van der Waals surface area contributed by atoms with Crippen molar-refractivity contribution in [3.63, 3.8) is 0 Å². The minimum absolute atomic E-state index is 0. The maximum Gasteiger partial charge on any atom is 4.00 e. The maximum absolute atomic E-state index is 3.67.